The highest BCUT2D eigenvalue weighted by molar-refractivity contribution is 7.22. The number of benzene rings is 1. The van der Waals surface area contributed by atoms with Gasteiger partial charge in [0.15, 0.2) is 0 Å². The molecule has 0 aliphatic carbocycles. The Kier molecular flexibility index (Phi) is 4.83. The molecule has 1 atom stereocenters. The van der Waals surface area contributed by atoms with Crippen molar-refractivity contribution in [1.82, 2.24) is 14.5 Å². The summed E-state index contributed by atoms with van der Waals surface area (Å²) in [5.41, 5.74) is 1.89. The van der Waals surface area contributed by atoms with Crippen molar-refractivity contribution in [1.29, 1.82) is 0 Å². The zero-order valence-electron chi connectivity index (χ0n) is 15.6. The number of carbonyl (C=O) groups is 1. The molecule has 0 spiro atoms. The normalized spacial score (nSPS) is 17.4. The number of hydrogen-bond donors (Lipinski definition) is 0. The molecule has 27 heavy (non-hydrogen) atoms. The van der Waals surface area contributed by atoms with E-state index in [1.807, 2.05) is 42.2 Å². The molecular weight excluding hydrogens is 358 g/mol. The topological polar surface area (TPSA) is 55.2 Å². The maximum atomic E-state index is 13.1. The summed E-state index contributed by atoms with van der Waals surface area (Å²) < 4.78 is 1.46. The third-order valence-electron chi connectivity index (χ3n) is 5.38. The quantitative estimate of drug-likeness (QED) is 0.693. The van der Waals surface area contributed by atoms with Gasteiger partial charge >= 0.3 is 0 Å². The van der Waals surface area contributed by atoms with Crippen molar-refractivity contribution in [3.8, 4) is 10.4 Å². The Bertz CT molecular complexity index is 1040. The molecule has 0 unspecified atom stereocenters. The highest BCUT2D eigenvalue weighted by Crippen LogP contribution is 2.35. The summed E-state index contributed by atoms with van der Waals surface area (Å²) in [5, 5.41) is 0.626. The maximum Gasteiger partial charge on any atom is 0.262 e. The third-order valence-corrected chi connectivity index (χ3v) is 6.63. The lowest BCUT2D eigenvalue weighted by Gasteiger charge is -2.33. The largest absolute Gasteiger partial charge is 0.338 e. The minimum Gasteiger partial charge on any atom is -0.338 e. The summed E-state index contributed by atoms with van der Waals surface area (Å²) in [5.74, 6) is 0.00150. The van der Waals surface area contributed by atoms with Crippen LogP contribution in [0, 0.1) is 6.92 Å². The van der Waals surface area contributed by atoms with Gasteiger partial charge in [0.2, 0.25) is 5.91 Å². The summed E-state index contributed by atoms with van der Waals surface area (Å²) in [6.45, 7) is 4.88. The Hall–Kier alpha value is -2.47. The van der Waals surface area contributed by atoms with Crippen LogP contribution in [0.5, 0.6) is 0 Å². The van der Waals surface area contributed by atoms with Crippen LogP contribution >= 0.6 is 11.3 Å². The van der Waals surface area contributed by atoms with E-state index in [1.165, 1.54) is 22.2 Å². The number of rotatable bonds is 3. The maximum absolute atomic E-state index is 13.1. The van der Waals surface area contributed by atoms with Gasteiger partial charge in [-0.15, -0.1) is 11.3 Å². The van der Waals surface area contributed by atoms with E-state index in [0.29, 0.717) is 5.39 Å². The van der Waals surface area contributed by atoms with Gasteiger partial charge in [-0.25, -0.2) is 4.98 Å². The van der Waals surface area contributed by atoms with Crippen molar-refractivity contribution in [2.24, 2.45) is 0 Å². The first-order chi connectivity index (χ1) is 13.1. The Labute approximate surface area is 162 Å². The number of nitrogens with zero attached hydrogens (tertiary/aromatic N) is 3. The lowest BCUT2D eigenvalue weighted by molar-refractivity contribution is -0.135. The molecule has 1 fully saturated rings. The SMILES string of the molecule is Cc1c(-c2ccccc2)sc2ncn(CC(=O)N3CCCC[C@@H]3C)c(=O)c12. The summed E-state index contributed by atoms with van der Waals surface area (Å²) in [6, 6.07) is 10.3. The number of aryl methyl sites for hydroxylation is 1. The first-order valence-corrected chi connectivity index (χ1v) is 10.2. The van der Waals surface area contributed by atoms with Gasteiger partial charge in [-0.1, -0.05) is 30.3 Å². The van der Waals surface area contributed by atoms with Gasteiger partial charge in [0, 0.05) is 17.5 Å². The van der Waals surface area contributed by atoms with Gasteiger partial charge in [-0.2, -0.15) is 0 Å². The molecule has 6 heteroatoms. The Morgan fingerprint density at radius 2 is 2.04 bits per heavy atom. The molecule has 1 aromatic carbocycles. The number of carbonyl (C=O) groups excluding carboxylic acids is 1. The average molecular weight is 382 g/mol. The van der Waals surface area contributed by atoms with Crippen molar-refractivity contribution in [2.75, 3.05) is 6.54 Å². The Morgan fingerprint density at radius 1 is 1.26 bits per heavy atom. The average Bonchev–Trinajstić information content (AvgIpc) is 3.02. The van der Waals surface area contributed by atoms with E-state index in [1.54, 1.807) is 0 Å². The first-order valence-electron chi connectivity index (χ1n) is 9.39. The molecule has 0 saturated carbocycles. The fraction of sp³-hybridized carbons (Fsp3) is 0.381. The van der Waals surface area contributed by atoms with Gasteiger partial charge in [0.25, 0.3) is 5.56 Å². The lowest BCUT2D eigenvalue weighted by Crippen LogP contribution is -2.44. The molecule has 1 amide bonds. The predicted octanol–water partition coefficient (Wildman–Crippen LogP) is 3.83. The zero-order valence-corrected chi connectivity index (χ0v) is 16.5. The third kappa shape index (κ3) is 3.30. The van der Waals surface area contributed by atoms with Gasteiger partial charge in [-0.05, 0) is 44.2 Å². The highest BCUT2D eigenvalue weighted by Gasteiger charge is 2.24. The van der Waals surface area contributed by atoms with Crippen LogP contribution in [0.25, 0.3) is 20.7 Å². The number of aromatic nitrogens is 2. The van der Waals surface area contributed by atoms with Crippen LogP contribution in [0.4, 0.5) is 0 Å². The molecular formula is C21H23N3O2S. The van der Waals surface area contributed by atoms with Gasteiger partial charge in [0.05, 0.1) is 11.7 Å². The van der Waals surface area contributed by atoms with Crippen molar-refractivity contribution in [3.63, 3.8) is 0 Å². The lowest BCUT2D eigenvalue weighted by atomic mass is 10.0. The van der Waals surface area contributed by atoms with Crippen molar-refractivity contribution in [2.45, 2.75) is 45.7 Å². The van der Waals surface area contributed by atoms with E-state index in [9.17, 15) is 9.59 Å². The van der Waals surface area contributed by atoms with E-state index in [-0.39, 0.29) is 24.1 Å². The number of likely N-dealkylation sites (tertiary alicyclic amines) is 1. The van der Waals surface area contributed by atoms with E-state index in [4.69, 9.17) is 0 Å². The predicted molar refractivity (Wildman–Crippen MR) is 109 cm³/mol. The van der Waals surface area contributed by atoms with Crippen LogP contribution in [-0.4, -0.2) is 32.9 Å². The Morgan fingerprint density at radius 3 is 2.78 bits per heavy atom. The molecule has 5 nitrogen and oxygen atoms in total. The second kappa shape index (κ2) is 7.27. The van der Waals surface area contributed by atoms with Gasteiger partial charge in [0.1, 0.15) is 11.4 Å². The first kappa shape index (κ1) is 17.9. The summed E-state index contributed by atoms with van der Waals surface area (Å²) in [4.78, 5) is 33.9. The van der Waals surface area contributed by atoms with Crippen LogP contribution in [0.1, 0.15) is 31.7 Å². The van der Waals surface area contributed by atoms with Crippen LogP contribution < -0.4 is 5.56 Å². The monoisotopic (exact) mass is 381 g/mol. The fourth-order valence-electron chi connectivity index (χ4n) is 3.84. The summed E-state index contributed by atoms with van der Waals surface area (Å²) in [7, 11) is 0. The number of thiophene rings is 1. The number of fused-ring (bicyclic) bond motifs is 1. The molecule has 140 valence electrons. The van der Waals surface area contributed by atoms with Crippen LogP contribution in [0.15, 0.2) is 41.5 Å². The molecule has 0 bridgehead atoms. The van der Waals surface area contributed by atoms with Crippen molar-refractivity contribution >= 4 is 27.5 Å². The van der Waals surface area contributed by atoms with E-state index in [0.717, 1.165) is 46.6 Å². The van der Waals surface area contributed by atoms with Gasteiger partial charge < -0.3 is 4.90 Å². The number of amides is 1. The summed E-state index contributed by atoms with van der Waals surface area (Å²) in [6.07, 6.45) is 4.74. The van der Waals surface area contributed by atoms with Crippen LogP contribution in [0.2, 0.25) is 0 Å². The second-order valence-electron chi connectivity index (χ2n) is 7.21. The number of piperidine rings is 1. The molecule has 4 rings (SSSR count). The molecule has 3 aromatic rings. The van der Waals surface area contributed by atoms with E-state index < -0.39 is 0 Å². The smallest absolute Gasteiger partial charge is 0.262 e. The molecule has 1 saturated heterocycles. The molecule has 2 aromatic heterocycles. The molecule has 1 aliphatic rings. The molecule has 1 aliphatic heterocycles. The van der Waals surface area contributed by atoms with Crippen molar-refractivity contribution in [3.05, 3.63) is 52.6 Å². The van der Waals surface area contributed by atoms with Crippen molar-refractivity contribution < 1.29 is 4.79 Å². The summed E-state index contributed by atoms with van der Waals surface area (Å²) >= 11 is 1.53. The molecule has 0 radical (unpaired) electrons. The van der Waals surface area contributed by atoms with Crippen LogP contribution in [0.3, 0.4) is 0 Å². The van der Waals surface area contributed by atoms with Gasteiger partial charge in [-0.3, -0.25) is 14.2 Å². The standard InChI is InChI=1S/C21H23N3O2S/c1-14-8-6-7-11-24(14)17(25)12-23-13-22-20-18(21(23)26)15(2)19(27-20)16-9-4-3-5-10-16/h3-5,9-10,13-14H,6-8,11-12H2,1-2H3/t14-/m0/s1. The zero-order chi connectivity index (χ0) is 19.0. The van der Waals surface area contributed by atoms with E-state index >= 15 is 0 Å². The molecule has 3 heterocycles. The second-order valence-corrected chi connectivity index (χ2v) is 8.21. The highest BCUT2D eigenvalue weighted by atomic mass is 32.1. The Balaban J connectivity index is 1.69. The van der Waals surface area contributed by atoms with E-state index in [2.05, 4.69) is 11.9 Å². The molecule has 0 N–H and O–H groups in total. The fourth-order valence-corrected chi connectivity index (χ4v) is 4.99. The minimum atomic E-state index is -0.131. The minimum absolute atomic E-state index is 0.00150. The number of hydrogen-bond acceptors (Lipinski definition) is 4. The van der Waals surface area contributed by atoms with Crippen LogP contribution in [-0.2, 0) is 11.3 Å².